The lowest BCUT2D eigenvalue weighted by Crippen LogP contribution is -2.40. The van der Waals surface area contributed by atoms with Crippen molar-refractivity contribution in [1.29, 1.82) is 0 Å². The Labute approximate surface area is 160 Å². The van der Waals surface area contributed by atoms with Crippen LogP contribution in [0, 0.1) is 11.6 Å². The highest BCUT2D eigenvalue weighted by molar-refractivity contribution is 5.77. The molecule has 0 amide bonds. The first-order chi connectivity index (χ1) is 13.3. The summed E-state index contributed by atoms with van der Waals surface area (Å²) >= 11 is 0. The molecule has 2 aliphatic rings. The number of likely N-dealkylation sites (N-methyl/N-ethyl adjacent to an activating group) is 1. The van der Waals surface area contributed by atoms with Crippen LogP contribution in [0.5, 0.6) is 5.75 Å². The molecule has 0 saturated carbocycles. The molecule has 0 aromatic heterocycles. The third-order valence-electron chi connectivity index (χ3n) is 4.38. The van der Waals surface area contributed by atoms with Crippen molar-refractivity contribution in [2.24, 2.45) is 4.99 Å². The van der Waals surface area contributed by atoms with Crippen molar-refractivity contribution in [2.75, 3.05) is 20.8 Å². The maximum absolute atomic E-state index is 14.3. The van der Waals surface area contributed by atoms with Crippen molar-refractivity contribution in [3.63, 3.8) is 0 Å². The highest BCUT2D eigenvalue weighted by Gasteiger charge is 2.31. The number of ether oxygens (including phenoxy) is 2. The summed E-state index contributed by atoms with van der Waals surface area (Å²) in [7, 11) is 2.94. The number of carbonyl (C=O) groups is 1. The lowest BCUT2D eigenvalue weighted by atomic mass is 10.1. The molecule has 150 valence electrons. The normalized spacial score (nSPS) is 18.2. The predicted octanol–water partition coefficient (Wildman–Crippen LogP) is 1.51. The van der Waals surface area contributed by atoms with E-state index in [0.717, 1.165) is 17.7 Å². The van der Waals surface area contributed by atoms with Gasteiger partial charge in [0.1, 0.15) is 23.2 Å². The summed E-state index contributed by atoms with van der Waals surface area (Å²) in [6, 6.07) is 1.84. The van der Waals surface area contributed by atoms with Gasteiger partial charge < -0.3 is 30.1 Å². The first kappa shape index (κ1) is 19.5. The number of amidine groups is 1. The van der Waals surface area contributed by atoms with Gasteiger partial charge in [0.2, 0.25) is 0 Å². The van der Waals surface area contributed by atoms with Crippen molar-refractivity contribution >= 4 is 12.0 Å². The molecule has 8 nitrogen and oxygen atoms in total. The average molecular weight is 394 g/mol. The van der Waals surface area contributed by atoms with Gasteiger partial charge in [0.05, 0.1) is 12.8 Å². The zero-order valence-corrected chi connectivity index (χ0v) is 15.5. The molecule has 3 rings (SSSR count). The number of rotatable bonds is 6. The third-order valence-corrected chi connectivity index (χ3v) is 4.38. The van der Waals surface area contributed by atoms with Gasteiger partial charge in [-0.15, -0.1) is 0 Å². The monoisotopic (exact) mass is 394 g/mol. The minimum absolute atomic E-state index is 0.108. The van der Waals surface area contributed by atoms with Crippen LogP contribution in [0.15, 0.2) is 40.3 Å². The number of aliphatic imine (C=N–C) groups is 1. The number of fused-ring (bicyclic) bond motifs is 1. The minimum atomic E-state index is -0.807. The Morgan fingerprint density at radius 1 is 1.39 bits per heavy atom. The summed E-state index contributed by atoms with van der Waals surface area (Å²) in [5.74, 6) is -1.75. The lowest BCUT2D eigenvalue weighted by molar-refractivity contribution is -0.142. The Kier molecular flexibility index (Phi) is 5.39. The number of hydrogen-bond acceptors (Lipinski definition) is 7. The predicted molar refractivity (Wildman–Crippen MR) is 96.2 cm³/mol. The quantitative estimate of drug-likeness (QED) is 0.630. The van der Waals surface area contributed by atoms with E-state index in [2.05, 4.69) is 20.4 Å². The zero-order valence-electron chi connectivity index (χ0n) is 15.5. The second-order valence-corrected chi connectivity index (χ2v) is 6.28. The van der Waals surface area contributed by atoms with Crippen LogP contribution in [0.1, 0.15) is 12.5 Å². The van der Waals surface area contributed by atoms with E-state index in [1.165, 1.54) is 7.11 Å². The van der Waals surface area contributed by atoms with Crippen LogP contribution in [-0.2, 0) is 16.1 Å². The lowest BCUT2D eigenvalue weighted by Gasteiger charge is -2.32. The number of aliphatic hydroxyl groups is 1. The van der Waals surface area contributed by atoms with Gasteiger partial charge in [-0.1, -0.05) is 0 Å². The number of esters is 1. The van der Waals surface area contributed by atoms with Crippen LogP contribution in [-0.4, -0.2) is 48.9 Å². The van der Waals surface area contributed by atoms with Crippen molar-refractivity contribution < 1.29 is 28.2 Å². The van der Waals surface area contributed by atoms with Gasteiger partial charge in [0, 0.05) is 31.3 Å². The van der Waals surface area contributed by atoms with E-state index in [1.54, 1.807) is 18.0 Å². The molecule has 1 aromatic rings. The number of benzene rings is 1. The number of nitrogens with one attached hydrogen (secondary N) is 2. The fraction of sp³-hybridized carbons (Fsp3) is 0.333. The van der Waals surface area contributed by atoms with Crippen LogP contribution in [0.25, 0.3) is 0 Å². The Morgan fingerprint density at radius 2 is 2.07 bits per heavy atom. The van der Waals surface area contributed by atoms with Gasteiger partial charge in [-0.25, -0.2) is 18.6 Å². The van der Waals surface area contributed by atoms with Gasteiger partial charge in [-0.2, -0.15) is 0 Å². The average Bonchev–Trinajstić information content (AvgIpc) is 3.01. The van der Waals surface area contributed by atoms with E-state index in [9.17, 15) is 18.7 Å². The van der Waals surface area contributed by atoms with Crippen LogP contribution in [0.4, 0.5) is 8.78 Å². The fourth-order valence-electron chi connectivity index (χ4n) is 2.99. The van der Waals surface area contributed by atoms with E-state index in [1.807, 2.05) is 6.92 Å². The summed E-state index contributed by atoms with van der Waals surface area (Å²) in [6.45, 7) is 1.27. The molecule has 2 aliphatic heterocycles. The van der Waals surface area contributed by atoms with E-state index < -0.39 is 30.4 Å². The number of methoxy groups -OCH3 is 1. The van der Waals surface area contributed by atoms with E-state index in [-0.39, 0.29) is 23.9 Å². The highest BCUT2D eigenvalue weighted by atomic mass is 19.1. The summed E-state index contributed by atoms with van der Waals surface area (Å²) in [6.07, 6.45) is 1.37. The number of hydrogen-bond donors (Lipinski definition) is 3. The van der Waals surface area contributed by atoms with Gasteiger partial charge in [-0.05, 0) is 18.6 Å². The SMILES string of the molecule is COC(=O)COc1cc(F)c(CNC2=C(C)C=C3NC(O)=NC3N2C)c(F)c1. The second-order valence-electron chi connectivity index (χ2n) is 6.28. The molecule has 0 radical (unpaired) electrons. The number of aliphatic hydroxyl groups excluding tert-OH is 1. The van der Waals surface area contributed by atoms with Crippen molar-refractivity contribution in [2.45, 2.75) is 19.6 Å². The molecule has 0 saturated heterocycles. The van der Waals surface area contributed by atoms with Gasteiger partial charge >= 0.3 is 5.97 Å². The Bertz CT molecular complexity index is 875. The topological polar surface area (TPSA) is 95.4 Å². The van der Waals surface area contributed by atoms with Gasteiger partial charge in [0.25, 0.3) is 6.02 Å². The Morgan fingerprint density at radius 3 is 2.71 bits per heavy atom. The second kappa shape index (κ2) is 7.75. The number of carbonyl (C=O) groups excluding carboxylic acids is 1. The summed E-state index contributed by atoms with van der Waals surface area (Å²) in [4.78, 5) is 16.9. The summed E-state index contributed by atoms with van der Waals surface area (Å²) in [5.41, 5.74) is 1.35. The molecule has 1 atom stereocenters. The maximum atomic E-state index is 14.3. The Hall–Kier alpha value is -3.30. The standard InChI is InChI=1S/C18H20F2N4O4/c1-9-4-14-17(23-18(26)22-14)24(2)16(9)21-7-11-12(19)5-10(6-13(11)20)28-8-15(25)27-3/h4-6,17,21H,7-8H2,1-3H3,(H2,22,23,26). The molecule has 0 fully saturated rings. The molecule has 0 bridgehead atoms. The van der Waals surface area contributed by atoms with E-state index in [0.29, 0.717) is 11.5 Å². The Balaban J connectivity index is 1.72. The largest absolute Gasteiger partial charge is 0.482 e. The third kappa shape index (κ3) is 3.85. The first-order valence-electron chi connectivity index (χ1n) is 8.40. The number of allylic oxidation sites excluding steroid dienone is 2. The highest BCUT2D eigenvalue weighted by Crippen LogP contribution is 2.27. The number of halogens is 2. The van der Waals surface area contributed by atoms with Crippen molar-refractivity contribution in [3.05, 3.63) is 52.5 Å². The molecule has 3 N–H and O–H groups in total. The molecule has 10 heteroatoms. The van der Waals surface area contributed by atoms with Crippen LogP contribution >= 0.6 is 0 Å². The van der Waals surface area contributed by atoms with Gasteiger partial charge in [0.15, 0.2) is 12.8 Å². The van der Waals surface area contributed by atoms with E-state index in [4.69, 9.17) is 4.74 Å². The molecule has 1 unspecified atom stereocenters. The van der Waals surface area contributed by atoms with Crippen molar-refractivity contribution in [1.82, 2.24) is 15.5 Å². The van der Waals surface area contributed by atoms with Crippen LogP contribution in [0.3, 0.4) is 0 Å². The maximum Gasteiger partial charge on any atom is 0.343 e. The van der Waals surface area contributed by atoms with E-state index >= 15 is 0 Å². The number of nitrogens with zero attached hydrogens (tertiary/aromatic N) is 2. The van der Waals surface area contributed by atoms with Crippen LogP contribution < -0.4 is 15.4 Å². The molecule has 2 heterocycles. The molecule has 0 aliphatic carbocycles. The molecule has 0 spiro atoms. The summed E-state index contributed by atoms with van der Waals surface area (Å²) < 4.78 is 38.1. The molecule has 1 aromatic carbocycles. The minimum Gasteiger partial charge on any atom is -0.482 e. The smallest absolute Gasteiger partial charge is 0.343 e. The summed E-state index contributed by atoms with van der Waals surface area (Å²) in [5, 5.41) is 15.3. The zero-order chi connectivity index (χ0) is 20.4. The fourth-order valence-corrected chi connectivity index (χ4v) is 2.99. The van der Waals surface area contributed by atoms with Crippen molar-refractivity contribution in [3.8, 4) is 5.75 Å². The molecular weight excluding hydrogens is 374 g/mol. The molecule has 28 heavy (non-hydrogen) atoms. The first-order valence-corrected chi connectivity index (χ1v) is 8.40. The molecular formula is C18H20F2N4O4. The van der Waals surface area contributed by atoms with Crippen LogP contribution in [0.2, 0.25) is 0 Å². The van der Waals surface area contributed by atoms with Gasteiger partial charge in [-0.3, -0.25) is 0 Å².